The Morgan fingerprint density at radius 3 is 2.65 bits per heavy atom. The maximum atomic E-state index is 13.6. The molecule has 3 heterocycles. The summed E-state index contributed by atoms with van der Waals surface area (Å²) < 4.78 is 54.0. The average molecular weight is 434 g/mol. The van der Waals surface area contributed by atoms with Crippen molar-refractivity contribution in [3.8, 4) is 0 Å². The van der Waals surface area contributed by atoms with E-state index >= 15 is 0 Å². The van der Waals surface area contributed by atoms with Crippen molar-refractivity contribution in [1.82, 2.24) is 24.9 Å². The van der Waals surface area contributed by atoms with Crippen LogP contribution in [-0.4, -0.2) is 43.9 Å². The molecular formula is C20H18F4N6O. The molecule has 1 fully saturated rings. The van der Waals surface area contributed by atoms with Crippen molar-refractivity contribution in [2.24, 2.45) is 7.05 Å². The van der Waals surface area contributed by atoms with Gasteiger partial charge in [-0.15, -0.1) is 0 Å². The van der Waals surface area contributed by atoms with E-state index in [9.17, 15) is 22.4 Å². The minimum Gasteiger partial charge on any atom is -0.320 e. The first-order valence-corrected chi connectivity index (χ1v) is 9.39. The van der Waals surface area contributed by atoms with Crippen LogP contribution in [0.3, 0.4) is 0 Å². The molecule has 0 atom stereocenters. The smallest absolute Gasteiger partial charge is 0.320 e. The van der Waals surface area contributed by atoms with E-state index in [1.54, 1.807) is 17.8 Å². The third-order valence-corrected chi connectivity index (χ3v) is 5.11. The van der Waals surface area contributed by atoms with Crippen LogP contribution in [0.1, 0.15) is 33.1 Å². The van der Waals surface area contributed by atoms with Crippen molar-refractivity contribution in [2.45, 2.75) is 18.6 Å². The minimum absolute atomic E-state index is 0.0283. The van der Waals surface area contributed by atoms with Gasteiger partial charge in [0.2, 0.25) is 0 Å². The van der Waals surface area contributed by atoms with Gasteiger partial charge in [0.25, 0.3) is 5.91 Å². The van der Waals surface area contributed by atoms with Crippen LogP contribution in [0.15, 0.2) is 42.9 Å². The Morgan fingerprint density at radius 1 is 1.19 bits per heavy atom. The number of amides is 1. The molecule has 1 aliphatic heterocycles. The molecule has 1 aliphatic rings. The topological polar surface area (TPSA) is 75.9 Å². The second-order valence-electron chi connectivity index (χ2n) is 7.39. The van der Waals surface area contributed by atoms with Crippen molar-refractivity contribution in [2.75, 3.05) is 18.4 Å². The van der Waals surface area contributed by atoms with E-state index in [1.165, 1.54) is 18.6 Å². The second-order valence-corrected chi connectivity index (χ2v) is 7.39. The summed E-state index contributed by atoms with van der Waals surface area (Å²) in [5.41, 5.74) is 0.881. The fourth-order valence-corrected chi connectivity index (χ4v) is 3.70. The molecule has 162 valence electrons. The summed E-state index contributed by atoms with van der Waals surface area (Å²) in [4.78, 5) is 14.5. The summed E-state index contributed by atoms with van der Waals surface area (Å²) in [6, 6.07) is 4.16. The highest BCUT2D eigenvalue weighted by molar-refractivity contribution is 6.05. The van der Waals surface area contributed by atoms with E-state index < -0.39 is 17.6 Å². The van der Waals surface area contributed by atoms with E-state index in [0.717, 1.165) is 17.8 Å². The monoisotopic (exact) mass is 434 g/mol. The molecule has 0 bridgehead atoms. The summed E-state index contributed by atoms with van der Waals surface area (Å²) in [5, 5.41) is 14.3. The summed E-state index contributed by atoms with van der Waals surface area (Å²) >= 11 is 0. The molecule has 2 aromatic heterocycles. The average Bonchev–Trinajstić information content (AvgIpc) is 3.05. The molecule has 1 N–H and O–H groups in total. The maximum absolute atomic E-state index is 13.6. The molecule has 31 heavy (non-hydrogen) atoms. The van der Waals surface area contributed by atoms with E-state index in [1.807, 2.05) is 4.90 Å². The molecule has 7 nitrogen and oxygen atoms in total. The number of hydrogen-bond acceptors (Lipinski definition) is 5. The number of halogens is 4. The first kappa shape index (κ1) is 20.9. The molecule has 1 aromatic carbocycles. The molecule has 0 spiro atoms. The Kier molecular flexibility index (Phi) is 5.44. The normalized spacial score (nSPS) is 15.0. The van der Waals surface area contributed by atoms with Gasteiger partial charge in [0.15, 0.2) is 0 Å². The van der Waals surface area contributed by atoms with Gasteiger partial charge in [0, 0.05) is 32.6 Å². The molecule has 0 unspecified atom stereocenters. The fraction of sp³-hybridized carbons (Fsp3) is 0.300. The number of nitrogens with zero attached hydrogens (tertiary/aromatic N) is 5. The summed E-state index contributed by atoms with van der Waals surface area (Å²) in [5.74, 6) is -1.29. The number of benzene rings is 1. The lowest BCUT2D eigenvalue weighted by atomic mass is 9.92. The van der Waals surface area contributed by atoms with Crippen LogP contribution >= 0.6 is 0 Å². The number of aryl methyl sites for hydroxylation is 1. The summed E-state index contributed by atoms with van der Waals surface area (Å²) in [6.45, 7) is 1.20. The fourth-order valence-electron chi connectivity index (χ4n) is 3.70. The number of likely N-dealkylation sites (tertiary alicyclic amines) is 1. The first-order chi connectivity index (χ1) is 14.7. The molecule has 4 rings (SSSR count). The molecule has 11 heteroatoms. The van der Waals surface area contributed by atoms with E-state index in [4.69, 9.17) is 0 Å². The quantitative estimate of drug-likeness (QED) is 0.624. The van der Waals surface area contributed by atoms with Crippen LogP contribution in [0, 0.1) is 5.82 Å². The van der Waals surface area contributed by atoms with Gasteiger partial charge in [-0.2, -0.15) is 28.5 Å². The number of carbonyl (C=O) groups is 1. The number of rotatable bonds is 5. The zero-order valence-corrected chi connectivity index (χ0v) is 16.4. The second kappa shape index (κ2) is 8.06. The lowest BCUT2D eigenvalue weighted by Crippen LogP contribution is -2.45. The van der Waals surface area contributed by atoms with Gasteiger partial charge < -0.3 is 5.32 Å². The van der Waals surface area contributed by atoms with Gasteiger partial charge in [-0.1, -0.05) is 0 Å². The molecule has 1 saturated heterocycles. The molecular weight excluding hydrogens is 416 g/mol. The van der Waals surface area contributed by atoms with Crippen molar-refractivity contribution >= 4 is 11.6 Å². The van der Waals surface area contributed by atoms with Crippen LogP contribution in [0.5, 0.6) is 0 Å². The Morgan fingerprint density at radius 2 is 1.97 bits per heavy atom. The zero-order chi connectivity index (χ0) is 22.2. The zero-order valence-electron chi connectivity index (χ0n) is 16.4. The predicted octanol–water partition coefficient (Wildman–Crippen LogP) is 3.22. The van der Waals surface area contributed by atoms with Crippen LogP contribution in [0.4, 0.5) is 23.2 Å². The predicted molar refractivity (Wildman–Crippen MR) is 103 cm³/mol. The molecule has 0 saturated carbocycles. The lowest BCUT2D eigenvalue weighted by molar-refractivity contribution is -0.137. The van der Waals surface area contributed by atoms with Gasteiger partial charge in [0.1, 0.15) is 5.82 Å². The van der Waals surface area contributed by atoms with Gasteiger partial charge in [-0.3, -0.25) is 14.4 Å². The largest absolute Gasteiger partial charge is 0.416 e. The lowest BCUT2D eigenvalue weighted by Gasteiger charge is -2.39. The third-order valence-electron chi connectivity index (χ3n) is 5.11. The molecule has 3 aromatic rings. The molecule has 0 radical (unpaired) electrons. The van der Waals surface area contributed by atoms with Gasteiger partial charge in [0.05, 0.1) is 41.1 Å². The van der Waals surface area contributed by atoms with Crippen LogP contribution in [-0.2, 0) is 19.8 Å². The number of nitrogens with one attached hydrogen (secondary N) is 1. The van der Waals surface area contributed by atoms with Crippen molar-refractivity contribution < 1.29 is 22.4 Å². The SMILES string of the molecule is Cn1ncc(C(=O)Nc2ccnnc2)c1C1CN(Cc2cc(F)cc(C(F)(F)F)c2)C1. The number of anilines is 1. The highest BCUT2D eigenvalue weighted by Crippen LogP contribution is 2.33. The van der Waals surface area contributed by atoms with Gasteiger partial charge in [-0.25, -0.2) is 4.39 Å². The van der Waals surface area contributed by atoms with E-state index in [0.29, 0.717) is 30.4 Å². The molecule has 1 amide bonds. The van der Waals surface area contributed by atoms with E-state index in [-0.39, 0.29) is 23.9 Å². The van der Waals surface area contributed by atoms with Crippen molar-refractivity contribution in [1.29, 1.82) is 0 Å². The van der Waals surface area contributed by atoms with Crippen molar-refractivity contribution in [3.05, 3.63) is 71.1 Å². The number of hydrogen-bond donors (Lipinski definition) is 1. The Hall–Kier alpha value is -3.34. The number of carbonyl (C=O) groups excluding carboxylic acids is 1. The van der Waals surface area contributed by atoms with Crippen LogP contribution in [0.2, 0.25) is 0 Å². The van der Waals surface area contributed by atoms with E-state index in [2.05, 4.69) is 20.6 Å². The first-order valence-electron chi connectivity index (χ1n) is 9.39. The van der Waals surface area contributed by atoms with Crippen molar-refractivity contribution in [3.63, 3.8) is 0 Å². The summed E-state index contributed by atoms with van der Waals surface area (Å²) in [7, 11) is 1.73. The van der Waals surface area contributed by atoms with Crippen LogP contribution < -0.4 is 5.32 Å². The number of alkyl halides is 3. The van der Waals surface area contributed by atoms with Crippen LogP contribution in [0.25, 0.3) is 0 Å². The van der Waals surface area contributed by atoms with Gasteiger partial charge in [-0.05, 0) is 29.8 Å². The molecule has 0 aliphatic carbocycles. The highest BCUT2D eigenvalue weighted by atomic mass is 19.4. The Labute approximate surface area is 174 Å². The van der Waals surface area contributed by atoms with Gasteiger partial charge >= 0.3 is 6.18 Å². The third kappa shape index (κ3) is 4.55. The number of aromatic nitrogens is 4. The Bertz CT molecular complexity index is 1090. The highest BCUT2D eigenvalue weighted by Gasteiger charge is 2.35. The maximum Gasteiger partial charge on any atom is 0.416 e. The minimum atomic E-state index is -4.60. The summed E-state index contributed by atoms with van der Waals surface area (Å²) in [6.07, 6.45) is -0.243. The Balaban J connectivity index is 1.44. The standard InChI is InChI=1S/C20H18F4N6O/c1-29-18(17(8-27-29)19(31)28-16-2-3-25-26-7-16)13-10-30(11-13)9-12-4-14(20(22,23)24)6-15(21)5-12/h2-8,13H,9-11H2,1H3,(H,25,28,31).